The number of phenolic OH excluding ortho intramolecular Hbond substituents is 3. The van der Waals surface area contributed by atoms with Gasteiger partial charge in [-0.3, -0.25) is 46.5 Å². The molecule has 0 saturated carbocycles. The number of nitrogen functional groups attached to an aromatic ring is 1. The van der Waals surface area contributed by atoms with E-state index in [0.29, 0.717) is 36.4 Å². The van der Waals surface area contributed by atoms with Gasteiger partial charge in [-0.15, -0.1) is 45.8 Å². The Labute approximate surface area is 605 Å². The normalized spacial score (nSPS) is 13.2. The van der Waals surface area contributed by atoms with Gasteiger partial charge in [-0.25, -0.2) is 0 Å². The fraction of sp³-hybridized carbons (Fsp3) is 0.127. The molecule has 0 unspecified atom stereocenters. The second-order valence-electron chi connectivity index (χ2n) is 22.0. The van der Waals surface area contributed by atoms with E-state index in [1.807, 2.05) is 0 Å². The van der Waals surface area contributed by atoms with Gasteiger partial charge >= 0.3 is 0 Å². The molecule has 45 nitrogen and oxygen atoms in total. The van der Waals surface area contributed by atoms with E-state index >= 15 is 0 Å². The lowest BCUT2D eigenvalue weighted by Crippen LogP contribution is -2.08. The maximum Gasteiger partial charge on any atom is 0.299 e. The van der Waals surface area contributed by atoms with Gasteiger partial charge in [-0.2, -0.15) is 77.6 Å². The van der Waals surface area contributed by atoms with Crippen LogP contribution < -0.4 is 15.2 Å². The van der Waals surface area contributed by atoms with Crippen LogP contribution in [0.2, 0.25) is 0 Å². The van der Waals surface area contributed by atoms with Crippen molar-refractivity contribution in [1.82, 2.24) is 0 Å². The molecule has 9 aromatic carbocycles. The molecular weight excluding hydrogens is 1610 g/mol. The number of benzene rings is 9. The average molecular weight is 1660 g/mol. The molecule has 9 aromatic rings. The Morgan fingerprint density at radius 3 is 1.45 bits per heavy atom. The molecule has 0 spiro atoms. The number of nitrogens with zero attached hydrogens (tertiary/aromatic N) is 12. The van der Waals surface area contributed by atoms with Crippen molar-refractivity contribution in [2.75, 3.05) is 30.5 Å². The Balaban J connectivity index is 1.13. The van der Waals surface area contributed by atoms with Crippen LogP contribution in [0, 0.1) is 21.9 Å². The van der Waals surface area contributed by atoms with Crippen molar-refractivity contribution < 1.29 is 133 Å². The van der Waals surface area contributed by atoms with Gasteiger partial charge in [0.05, 0.1) is 73.0 Å². The van der Waals surface area contributed by atoms with Crippen LogP contribution in [0.1, 0.15) is 18.4 Å². The van der Waals surface area contributed by atoms with E-state index in [0.717, 1.165) is 54.6 Å². The van der Waals surface area contributed by atoms with Crippen molar-refractivity contribution in [1.29, 1.82) is 0 Å². The van der Waals surface area contributed by atoms with Crippen LogP contribution in [0.5, 0.6) is 28.7 Å². The first-order valence-electron chi connectivity index (χ1n) is 28.7. The number of rotatable bonds is 28. The molecule has 0 aromatic heterocycles. The van der Waals surface area contributed by atoms with Gasteiger partial charge in [0.15, 0.2) is 17.2 Å². The molecule has 53 heteroatoms. The van der Waals surface area contributed by atoms with Crippen LogP contribution >= 0.6 is 0 Å². The Bertz CT molecular complexity index is 6500. The lowest BCUT2D eigenvalue weighted by Gasteiger charge is -2.15. The van der Waals surface area contributed by atoms with Crippen molar-refractivity contribution in [3.8, 4) is 28.7 Å². The van der Waals surface area contributed by atoms with Gasteiger partial charge in [0.25, 0.3) is 86.6 Å². The van der Waals surface area contributed by atoms with Crippen molar-refractivity contribution >= 4 is 187 Å². The van der Waals surface area contributed by atoms with E-state index in [2.05, 4.69) is 56.3 Å². The lowest BCUT2D eigenvalue weighted by atomic mass is 10.0. The first-order chi connectivity index (χ1) is 49.9. The summed E-state index contributed by atoms with van der Waals surface area (Å²) in [4.78, 5) is 14.2. The summed E-state index contributed by atoms with van der Waals surface area (Å²) in [6.45, 7) is 0.315. The molecule has 0 radical (unpaired) electrons. The van der Waals surface area contributed by atoms with E-state index in [1.54, 1.807) is 0 Å². The lowest BCUT2D eigenvalue weighted by molar-refractivity contribution is -0.384. The minimum atomic E-state index is -5.81. The highest BCUT2D eigenvalue weighted by Gasteiger charge is 2.32. The van der Waals surface area contributed by atoms with E-state index in [9.17, 15) is 134 Å². The monoisotopic (exact) mass is 1660 g/mol. The number of fused-ring (bicyclic) bond motifs is 3. The second-order valence-corrected chi connectivity index (χ2v) is 33.5. The van der Waals surface area contributed by atoms with E-state index in [4.69, 9.17) is 15.2 Å². The molecule has 0 aliphatic heterocycles. The minimum Gasteiger partial charge on any atom is -0.507 e. The quantitative estimate of drug-likeness (QED) is 0.00412. The summed E-state index contributed by atoms with van der Waals surface area (Å²) in [6.07, 6.45) is -0.782. The third-order valence-corrected chi connectivity index (χ3v) is 21.4. The number of nitrogens with two attached hydrogens (primary N) is 1. The zero-order chi connectivity index (χ0) is 79.9. The van der Waals surface area contributed by atoms with Crippen LogP contribution in [0.4, 0.5) is 73.9 Å². The van der Waals surface area contributed by atoms with Crippen molar-refractivity contribution in [3.05, 3.63) is 124 Å². The molecule has 13 N–H and O–H groups in total. The summed E-state index contributed by atoms with van der Waals surface area (Å²) >= 11 is 0. The summed E-state index contributed by atoms with van der Waals surface area (Å²) in [5.74, 6) is -6.11. The first-order valence-corrected chi connectivity index (χ1v) is 40.5. The summed E-state index contributed by atoms with van der Waals surface area (Å²) in [7, 11) is -42.1. The Morgan fingerprint density at radius 2 is 0.907 bits per heavy atom. The zero-order valence-corrected chi connectivity index (χ0v) is 59.8. The molecular formula is C55H45N13O32S8. The van der Waals surface area contributed by atoms with Crippen LogP contribution in [-0.4, -0.2) is 149 Å². The highest BCUT2D eigenvalue weighted by molar-refractivity contribution is 7.87. The molecule has 0 fully saturated rings. The molecule has 108 heavy (non-hydrogen) atoms. The second kappa shape index (κ2) is 30.2. The number of anilines is 1. The largest absolute Gasteiger partial charge is 0.507 e. The summed E-state index contributed by atoms with van der Waals surface area (Å²) < 4.78 is 291. The topological polar surface area (TPSA) is 736 Å². The Morgan fingerprint density at radius 1 is 0.426 bits per heavy atom. The smallest absolute Gasteiger partial charge is 0.299 e. The molecule has 0 bridgehead atoms. The number of aromatic hydroxyl groups is 3. The minimum absolute atomic E-state index is 0.0604. The van der Waals surface area contributed by atoms with E-state index in [1.165, 1.54) is 19.1 Å². The van der Waals surface area contributed by atoms with Gasteiger partial charge in [-0.1, -0.05) is 0 Å². The van der Waals surface area contributed by atoms with Gasteiger partial charge in [-0.05, 0) is 115 Å². The number of ether oxygens (including phenoxy) is 2. The number of hydrogen-bond donors (Lipinski definition) is 12. The number of hydrogen-bond acceptors (Lipinski definition) is 36. The number of phenols is 3. The van der Waals surface area contributed by atoms with Crippen LogP contribution in [0.25, 0.3) is 32.3 Å². The van der Waals surface area contributed by atoms with E-state index in [-0.39, 0.29) is 45.6 Å². The van der Waals surface area contributed by atoms with Crippen molar-refractivity contribution in [2.24, 2.45) is 56.3 Å². The van der Waals surface area contributed by atoms with Crippen LogP contribution in [-0.2, 0) is 80.9 Å². The number of azo groups is 5. The molecule has 0 aliphatic rings. The maximum atomic E-state index is 13.3. The first kappa shape index (κ1) is 80.9. The molecule has 0 amide bonds. The highest BCUT2D eigenvalue weighted by Crippen LogP contribution is 2.51. The highest BCUT2D eigenvalue weighted by atomic mass is 32.2. The molecule has 0 aliphatic carbocycles. The SMILES string of the molecule is Cc1cc(N=Nc2c(S(=O)(=O)O)cc3c(S(=O)(=O)O)c(N=Nc4cc(S(=O)(=O)O)c5cc(S(=O)(=O)O)c(N=Nc6ccc(N=O)cc6[N+](=O)[O-])c(O)c5c4N)ccc3c2O)c(OCCCS(=O)(=O)O)cc1N=Nc1ccc(N=Nc2cc(S(=O)(=O)O)cc3cc(S(=O)(=O)O)cc(O)c23)cc1OCCCS(=O)(=O)O. The third-order valence-electron chi connectivity index (χ3n) is 14.5. The summed E-state index contributed by atoms with van der Waals surface area (Å²) in [6, 6.07) is 13.2. The number of aryl methyl sites for hydroxylation is 1. The summed E-state index contributed by atoms with van der Waals surface area (Å²) in [5, 5.41) is 82.5. The van der Waals surface area contributed by atoms with Gasteiger partial charge in [0, 0.05) is 40.4 Å². The number of nitro groups is 1. The fourth-order valence-electron chi connectivity index (χ4n) is 9.82. The predicted octanol–water partition coefficient (Wildman–Crippen LogP) is 11.3. The molecule has 0 saturated heterocycles. The standard InChI is InChI=1S/C55H45N13O32S8/c1-25-14-38(44(100-11-3-13-102(78,79)80)23-37(25)61-59-35-8-4-27(18-43(35)99-10-2-12-101(75,76)77)57-63-39-19-29(103(81,82)83)15-26-16-30(104(84,85)86)20-42(69)48(26)39)62-65-51-46(106(90,91)92)21-32-31(53(51)70)6-9-36(55(32)108(96,97)98)60-64-40-24-45(105(87,88)89)33-22-47(107(93,94)95)52(54(71)49(33)50(40)56)66-58-34-7-5-28(67-72)17-41(34)68(73)74/h4-9,14-24,69-71H,2-3,10-13,56H2,1H3,(H,75,76,77)(H,78,79,80)(H,81,82,83)(H,84,85,86)(H,87,88,89)(H,90,91,92)(H,93,94,95)(H,96,97,98). The number of nitro benzene ring substituents is 1. The molecule has 0 atom stereocenters. The number of nitroso groups, excluding NO2 is 1. The molecule has 0 heterocycles. The van der Waals surface area contributed by atoms with E-state index < -0.39 is 248 Å². The van der Waals surface area contributed by atoms with Gasteiger partial charge in [0.2, 0.25) is 0 Å². The molecule has 9 rings (SSSR count). The Kier molecular flexibility index (Phi) is 22.7. The van der Waals surface area contributed by atoms with Gasteiger partial charge in [0.1, 0.15) is 76.6 Å². The molecule has 570 valence electrons. The van der Waals surface area contributed by atoms with Crippen LogP contribution in [0.3, 0.4) is 0 Å². The maximum absolute atomic E-state index is 13.3. The predicted molar refractivity (Wildman–Crippen MR) is 370 cm³/mol. The average Bonchev–Trinajstić information content (AvgIpc) is 0.741. The van der Waals surface area contributed by atoms with Crippen molar-refractivity contribution in [3.63, 3.8) is 0 Å². The summed E-state index contributed by atoms with van der Waals surface area (Å²) in [5.41, 5.74) is -2.84. The van der Waals surface area contributed by atoms with Crippen LogP contribution in [0.15, 0.2) is 189 Å². The Hall–Kier alpha value is -11.2. The van der Waals surface area contributed by atoms with Crippen molar-refractivity contribution in [2.45, 2.75) is 49.1 Å². The fourth-order valence-corrected chi connectivity index (χ4v) is 14.7. The zero-order valence-electron chi connectivity index (χ0n) is 53.3. The third kappa shape index (κ3) is 18.8. The van der Waals surface area contributed by atoms with Gasteiger partial charge < -0.3 is 30.5 Å².